The summed E-state index contributed by atoms with van der Waals surface area (Å²) in [6, 6.07) is 8.66. The summed E-state index contributed by atoms with van der Waals surface area (Å²) < 4.78 is 0. The summed E-state index contributed by atoms with van der Waals surface area (Å²) in [5, 5.41) is 0. The molecule has 0 spiro atoms. The second-order valence-corrected chi connectivity index (χ2v) is 3.26. The molecule has 0 amide bonds. The van der Waals surface area contributed by atoms with E-state index in [0.717, 1.165) is 0 Å². The van der Waals surface area contributed by atoms with Gasteiger partial charge in [-0.25, -0.2) is 0 Å². The van der Waals surface area contributed by atoms with Gasteiger partial charge in [0.1, 0.15) is 0 Å². The zero-order valence-corrected chi connectivity index (χ0v) is 9.01. The molecule has 1 aromatic carbocycles. The Bertz CT molecular complexity index is 230. The second kappa shape index (κ2) is 7.13. The molecule has 1 rings (SSSR count). The number of hydrogen-bond acceptors (Lipinski definition) is 0. The summed E-state index contributed by atoms with van der Waals surface area (Å²) in [4.78, 5) is 0. The average Bonchev–Trinajstić information content (AvgIpc) is 2.05. The summed E-state index contributed by atoms with van der Waals surface area (Å²) >= 11 is 0. The van der Waals surface area contributed by atoms with E-state index in [1.807, 2.05) is 0 Å². The molecule has 13 heavy (non-hydrogen) atoms. The van der Waals surface area contributed by atoms with Crippen LogP contribution >= 0.6 is 0 Å². The zero-order valence-electron chi connectivity index (χ0n) is 9.01. The van der Waals surface area contributed by atoms with Gasteiger partial charge in [-0.15, -0.1) is 11.6 Å². The monoisotopic (exact) mass is 168 g/mol. The minimum absolute atomic E-state index is 0. The van der Waals surface area contributed by atoms with E-state index in [2.05, 4.69) is 44.5 Å². The molecular formula is C12H17Li. The van der Waals surface area contributed by atoms with Gasteiger partial charge in [0.2, 0.25) is 0 Å². The van der Waals surface area contributed by atoms with Crippen molar-refractivity contribution in [2.24, 2.45) is 0 Å². The molecule has 0 N–H and O–H groups in total. The van der Waals surface area contributed by atoms with E-state index in [9.17, 15) is 0 Å². The van der Waals surface area contributed by atoms with Crippen LogP contribution in [0.5, 0.6) is 0 Å². The first-order valence-electron chi connectivity index (χ1n) is 4.73. The van der Waals surface area contributed by atoms with Crippen LogP contribution in [-0.4, -0.2) is 0 Å². The first kappa shape index (κ1) is 12.7. The summed E-state index contributed by atoms with van der Waals surface area (Å²) in [7, 11) is 0. The van der Waals surface area contributed by atoms with Crippen molar-refractivity contribution in [2.45, 2.75) is 33.1 Å². The van der Waals surface area contributed by atoms with Crippen LogP contribution in [0.2, 0.25) is 0 Å². The Labute approximate surface area is 93.9 Å². The SMILES string of the molecule is CCCC[CH-]c1cccc(C)c1.[Li+]. The van der Waals surface area contributed by atoms with Gasteiger partial charge in [0.25, 0.3) is 0 Å². The molecule has 0 unspecified atom stereocenters. The summed E-state index contributed by atoms with van der Waals surface area (Å²) in [6.07, 6.45) is 6.10. The summed E-state index contributed by atoms with van der Waals surface area (Å²) in [5.74, 6) is 0. The Balaban J connectivity index is 0.00000144. The Morgan fingerprint density at radius 1 is 1.31 bits per heavy atom. The van der Waals surface area contributed by atoms with Crippen LogP contribution in [0.25, 0.3) is 0 Å². The normalized spacial score (nSPS) is 9.08. The molecule has 0 saturated heterocycles. The predicted molar refractivity (Wildman–Crippen MR) is 54.1 cm³/mol. The van der Waals surface area contributed by atoms with E-state index in [4.69, 9.17) is 0 Å². The predicted octanol–water partition coefficient (Wildman–Crippen LogP) is 0.742. The topological polar surface area (TPSA) is 0 Å². The second-order valence-electron chi connectivity index (χ2n) is 3.26. The molecule has 66 valence electrons. The van der Waals surface area contributed by atoms with Gasteiger partial charge < -0.3 is 0 Å². The maximum atomic E-state index is 2.32. The van der Waals surface area contributed by atoms with E-state index in [0.29, 0.717) is 0 Å². The third-order valence-corrected chi connectivity index (χ3v) is 1.98. The quantitative estimate of drug-likeness (QED) is 0.353. The van der Waals surface area contributed by atoms with E-state index in [-0.39, 0.29) is 18.9 Å². The van der Waals surface area contributed by atoms with Gasteiger partial charge in [-0.3, -0.25) is 0 Å². The molecule has 0 aliphatic heterocycles. The van der Waals surface area contributed by atoms with Crippen LogP contribution in [0.3, 0.4) is 0 Å². The smallest absolute Gasteiger partial charge is 0.192 e. The zero-order chi connectivity index (χ0) is 8.81. The van der Waals surface area contributed by atoms with E-state index < -0.39 is 0 Å². The Kier molecular flexibility index (Phi) is 6.95. The van der Waals surface area contributed by atoms with Crippen molar-refractivity contribution in [3.8, 4) is 0 Å². The van der Waals surface area contributed by atoms with Crippen molar-refractivity contribution >= 4 is 0 Å². The van der Waals surface area contributed by atoms with Crippen LogP contribution in [-0.2, 0) is 0 Å². The fraction of sp³-hybridized carbons (Fsp3) is 0.417. The van der Waals surface area contributed by atoms with Gasteiger partial charge in [0, 0.05) is 0 Å². The third kappa shape index (κ3) is 5.08. The maximum absolute atomic E-state index is 2.32. The Morgan fingerprint density at radius 2 is 2.08 bits per heavy atom. The fourth-order valence-corrected chi connectivity index (χ4v) is 1.27. The molecule has 0 aliphatic carbocycles. The molecule has 0 radical (unpaired) electrons. The third-order valence-electron chi connectivity index (χ3n) is 1.98. The van der Waals surface area contributed by atoms with Crippen LogP contribution < -0.4 is 18.9 Å². The maximum Gasteiger partial charge on any atom is 1.00 e. The van der Waals surface area contributed by atoms with E-state index >= 15 is 0 Å². The van der Waals surface area contributed by atoms with Crippen LogP contribution in [0.4, 0.5) is 0 Å². The van der Waals surface area contributed by atoms with Gasteiger partial charge in [-0.05, 0) is 0 Å². The number of aryl methyl sites for hydroxylation is 1. The minimum Gasteiger partial charge on any atom is -0.192 e. The molecule has 0 saturated carbocycles. The summed E-state index contributed by atoms with van der Waals surface area (Å²) in [5.41, 5.74) is 2.71. The van der Waals surface area contributed by atoms with Gasteiger partial charge in [-0.1, -0.05) is 39.2 Å². The fourth-order valence-electron chi connectivity index (χ4n) is 1.27. The Hall–Kier alpha value is -0.313. The van der Waals surface area contributed by atoms with Crippen molar-refractivity contribution in [1.29, 1.82) is 0 Å². The van der Waals surface area contributed by atoms with Gasteiger partial charge in [0.15, 0.2) is 0 Å². The van der Waals surface area contributed by atoms with Crippen LogP contribution in [0.1, 0.15) is 37.3 Å². The first-order valence-corrected chi connectivity index (χ1v) is 4.73. The molecule has 1 aromatic rings. The van der Waals surface area contributed by atoms with E-state index in [1.54, 1.807) is 0 Å². The number of hydrogen-bond donors (Lipinski definition) is 0. The molecule has 0 atom stereocenters. The number of benzene rings is 1. The summed E-state index contributed by atoms with van der Waals surface area (Å²) in [6.45, 7) is 4.36. The van der Waals surface area contributed by atoms with Crippen molar-refractivity contribution in [1.82, 2.24) is 0 Å². The van der Waals surface area contributed by atoms with Gasteiger partial charge >= 0.3 is 18.9 Å². The average molecular weight is 168 g/mol. The molecule has 0 heterocycles. The first-order chi connectivity index (χ1) is 5.83. The molecule has 1 heteroatoms. The van der Waals surface area contributed by atoms with Crippen molar-refractivity contribution in [2.75, 3.05) is 0 Å². The van der Waals surface area contributed by atoms with Crippen molar-refractivity contribution in [3.05, 3.63) is 41.8 Å². The standard InChI is InChI=1S/C12H17.Li/c1-3-4-5-8-12-9-6-7-11(2)10-12;/h6-10H,3-5H2,1-2H3;/q-1;+1. The van der Waals surface area contributed by atoms with Gasteiger partial charge in [-0.2, -0.15) is 24.1 Å². The van der Waals surface area contributed by atoms with Crippen molar-refractivity contribution in [3.63, 3.8) is 0 Å². The molecule has 0 bridgehead atoms. The Morgan fingerprint density at radius 3 is 2.69 bits per heavy atom. The van der Waals surface area contributed by atoms with E-state index in [1.165, 1.54) is 30.4 Å². The number of unbranched alkanes of at least 4 members (excludes halogenated alkanes) is 2. The van der Waals surface area contributed by atoms with Crippen LogP contribution in [0.15, 0.2) is 24.3 Å². The number of rotatable bonds is 4. The largest absolute Gasteiger partial charge is 1.00 e. The molecule has 0 nitrogen and oxygen atoms in total. The minimum atomic E-state index is 0. The molecule has 0 aliphatic rings. The molecule has 0 aromatic heterocycles. The van der Waals surface area contributed by atoms with Gasteiger partial charge in [0.05, 0.1) is 0 Å². The van der Waals surface area contributed by atoms with Crippen LogP contribution in [0, 0.1) is 13.3 Å². The molecule has 0 fully saturated rings. The molecular weight excluding hydrogens is 151 g/mol. The van der Waals surface area contributed by atoms with Crippen molar-refractivity contribution < 1.29 is 18.9 Å².